The molecule has 0 radical (unpaired) electrons. The van der Waals surface area contributed by atoms with Gasteiger partial charge in [-0.25, -0.2) is 4.79 Å². The molecule has 2 aliphatic heterocycles. The van der Waals surface area contributed by atoms with Gasteiger partial charge in [0, 0.05) is 45.8 Å². The molecule has 1 N–H and O–H groups in total. The largest absolute Gasteiger partial charge is 0.331 e. The van der Waals surface area contributed by atoms with Crippen LogP contribution in [0.4, 0.5) is 4.79 Å². The van der Waals surface area contributed by atoms with Crippen molar-refractivity contribution in [3.63, 3.8) is 0 Å². The summed E-state index contributed by atoms with van der Waals surface area (Å²) in [6, 6.07) is 1.36. The predicted octanol–water partition coefficient (Wildman–Crippen LogP) is 1.21. The quantitative estimate of drug-likeness (QED) is 0.842. The highest BCUT2D eigenvalue weighted by Gasteiger charge is 2.24. The van der Waals surface area contributed by atoms with E-state index in [1.54, 1.807) is 4.90 Å². The molecule has 0 aromatic heterocycles. The highest BCUT2D eigenvalue weighted by Crippen LogP contribution is 2.14. The number of nitrogens with one attached hydrogen (secondary N) is 1. The molecule has 2 amide bonds. The Hall–Kier alpha value is -0.810. The van der Waals surface area contributed by atoms with Crippen molar-refractivity contribution in [3.05, 3.63) is 0 Å². The van der Waals surface area contributed by atoms with E-state index in [0.29, 0.717) is 12.1 Å². The van der Waals surface area contributed by atoms with E-state index >= 15 is 0 Å². The van der Waals surface area contributed by atoms with Gasteiger partial charge in [0.1, 0.15) is 0 Å². The molecule has 2 aliphatic rings. The van der Waals surface area contributed by atoms with E-state index in [2.05, 4.69) is 17.1 Å². The van der Waals surface area contributed by atoms with Gasteiger partial charge in [0.2, 0.25) is 0 Å². The summed E-state index contributed by atoms with van der Waals surface area (Å²) in [7, 11) is 3.65. The van der Waals surface area contributed by atoms with Gasteiger partial charge >= 0.3 is 6.03 Å². The fraction of sp³-hybridized carbons (Fsp3) is 0.933. The summed E-state index contributed by atoms with van der Waals surface area (Å²) >= 11 is 0. The maximum absolute atomic E-state index is 11.9. The number of rotatable bonds is 4. The lowest BCUT2D eigenvalue weighted by Crippen LogP contribution is -2.50. The minimum Gasteiger partial charge on any atom is -0.331 e. The Kier molecular flexibility index (Phi) is 5.66. The molecule has 0 aliphatic carbocycles. The zero-order valence-electron chi connectivity index (χ0n) is 13.3. The number of carbonyl (C=O) groups excluding carboxylic acids is 1. The smallest absolute Gasteiger partial charge is 0.319 e. The van der Waals surface area contributed by atoms with Crippen LogP contribution in [0, 0.1) is 0 Å². The Labute approximate surface area is 123 Å². The first-order valence-corrected chi connectivity index (χ1v) is 8.01. The monoisotopic (exact) mass is 282 g/mol. The number of carbonyl (C=O) groups is 1. The second-order valence-corrected chi connectivity index (χ2v) is 6.44. The highest BCUT2D eigenvalue weighted by molar-refractivity contribution is 5.73. The number of hydrogen-bond acceptors (Lipinski definition) is 3. The summed E-state index contributed by atoms with van der Waals surface area (Å²) < 4.78 is 0. The molecular formula is C15H30N4O. The number of hydrogen-bond donors (Lipinski definition) is 1. The van der Waals surface area contributed by atoms with Crippen LogP contribution in [0.2, 0.25) is 0 Å². The molecule has 2 saturated heterocycles. The maximum Gasteiger partial charge on any atom is 0.319 e. The third-order valence-electron chi connectivity index (χ3n) is 4.61. The molecule has 0 aromatic rings. The second-order valence-electron chi connectivity index (χ2n) is 6.44. The van der Waals surface area contributed by atoms with E-state index in [9.17, 15) is 4.79 Å². The summed E-state index contributed by atoms with van der Waals surface area (Å²) in [6.45, 7) is 7.69. The van der Waals surface area contributed by atoms with Crippen molar-refractivity contribution >= 4 is 6.03 Å². The molecule has 2 rings (SSSR count). The Morgan fingerprint density at radius 3 is 2.35 bits per heavy atom. The third kappa shape index (κ3) is 4.09. The van der Waals surface area contributed by atoms with Crippen molar-refractivity contribution in [2.24, 2.45) is 0 Å². The standard InChI is InChI=1S/C15H30N4O/c1-13(18-8-4-5-9-18)12-16-14-6-10-19(11-7-14)15(20)17(2)3/h13-14,16H,4-12H2,1-3H3. The fourth-order valence-corrected chi connectivity index (χ4v) is 3.21. The molecule has 116 valence electrons. The van der Waals surface area contributed by atoms with Crippen LogP contribution in [-0.4, -0.2) is 79.6 Å². The molecule has 0 bridgehead atoms. The molecule has 20 heavy (non-hydrogen) atoms. The molecule has 2 heterocycles. The number of urea groups is 1. The lowest BCUT2D eigenvalue weighted by Gasteiger charge is -2.35. The van der Waals surface area contributed by atoms with Crippen LogP contribution in [0.5, 0.6) is 0 Å². The van der Waals surface area contributed by atoms with Crippen LogP contribution in [0.25, 0.3) is 0 Å². The molecule has 1 unspecified atom stereocenters. The number of nitrogens with zero attached hydrogens (tertiary/aromatic N) is 3. The molecule has 0 aromatic carbocycles. The van der Waals surface area contributed by atoms with Crippen molar-refractivity contribution in [1.82, 2.24) is 20.0 Å². The summed E-state index contributed by atoms with van der Waals surface area (Å²) in [5, 5.41) is 3.69. The van der Waals surface area contributed by atoms with E-state index < -0.39 is 0 Å². The topological polar surface area (TPSA) is 38.8 Å². The van der Waals surface area contributed by atoms with Gasteiger partial charge in [0.25, 0.3) is 0 Å². The van der Waals surface area contributed by atoms with E-state index in [-0.39, 0.29) is 6.03 Å². The summed E-state index contributed by atoms with van der Waals surface area (Å²) in [4.78, 5) is 18.1. The highest BCUT2D eigenvalue weighted by atomic mass is 16.2. The maximum atomic E-state index is 11.9. The van der Waals surface area contributed by atoms with Crippen molar-refractivity contribution < 1.29 is 4.79 Å². The predicted molar refractivity (Wildman–Crippen MR) is 81.9 cm³/mol. The van der Waals surface area contributed by atoms with Crippen LogP contribution in [-0.2, 0) is 0 Å². The summed E-state index contributed by atoms with van der Waals surface area (Å²) in [5.74, 6) is 0. The van der Waals surface area contributed by atoms with Crippen molar-refractivity contribution in [2.45, 2.75) is 44.7 Å². The Morgan fingerprint density at radius 2 is 1.80 bits per heavy atom. The van der Waals surface area contributed by atoms with Gasteiger partial charge in [0.05, 0.1) is 0 Å². The van der Waals surface area contributed by atoms with Crippen molar-refractivity contribution in [3.8, 4) is 0 Å². The Morgan fingerprint density at radius 1 is 1.20 bits per heavy atom. The van der Waals surface area contributed by atoms with Crippen LogP contribution in [0.15, 0.2) is 0 Å². The van der Waals surface area contributed by atoms with E-state index in [1.165, 1.54) is 25.9 Å². The van der Waals surface area contributed by atoms with Crippen molar-refractivity contribution in [2.75, 3.05) is 46.8 Å². The molecular weight excluding hydrogens is 252 g/mol. The molecule has 5 nitrogen and oxygen atoms in total. The summed E-state index contributed by atoms with van der Waals surface area (Å²) in [5.41, 5.74) is 0. The van der Waals surface area contributed by atoms with E-state index in [1.807, 2.05) is 19.0 Å². The SMILES string of the molecule is CC(CNC1CCN(C(=O)N(C)C)CC1)N1CCCC1. The number of piperidine rings is 1. The average Bonchev–Trinajstić information content (AvgIpc) is 2.98. The van der Waals surface area contributed by atoms with Gasteiger partial charge in [-0.3, -0.25) is 4.90 Å². The van der Waals surface area contributed by atoms with Gasteiger partial charge in [-0.15, -0.1) is 0 Å². The molecule has 2 fully saturated rings. The second kappa shape index (κ2) is 7.27. The van der Waals surface area contributed by atoms with Crippen LogP contribution < -0.4 is 5.32 Å². The van der Waals surface area contributed by atoms with Crippen molar-refractivity contribution in [1.29, 1.82) is 0 Å². The van der Waals surface area contributed by atoms with Crippen LogP contribution in [0.1, 0.15) is 32.6 Å². The zero-order chi connectivity index (χ0) is 14.5. The first-order valence-electron chi connectivity index (χ1n) is 8.01. The van der Waals surface area contributed by atoms with E-state index in [0.717, 1.165) is 32.5 Å². The van der Waals surface area contributed by atoms with Gasteiger partial charge in [-0.2, -0.15) is 0 Å². The minimum absolute atomic E-state index is 0.147. The molecule has 0 spiro atoms. The van der Waals surface area contributed by atoms with Gasteiger partial charge < -0.3 is 15.1 Å². The zero-order valence-corrected chi connectivity index (χ0v) is 13.3. The molecule has 0 saturated carbocycles. The fourth-order valence-electron chi connectivity index (χ4n) is 3.21. The Balaban J connectivity index is 1.65. The van der Waals surface area contributed by atoms with Crippen LogP contribution >= 0.6 is 0 Å². The summed E-state index contributed by atoms with van der Waals surface area (Å²) in [6.07, 6.45) is 4.86. The Bertz CT molecular complexity index is 307. The first-order chi connectivity index (χ1) is 9.58. The average molecular weight is 282 g/mol. The lowest BCUT2D eigenvalue weighted by molar-refractivity contribution is 0.150. The lowest BCUT2D eigenvalue weighted by atomic mass is 10.0. The van der Waals surface area contributed by atoms with Crippen LogP contribution in [0.3, 0.4) is 0 Å². The molecule has 5 heteroatoms. The van der Waals surface area contributed by atoms with Gasteiger partial charge in [-0.1, -0.05) is 0 Å². The number of amides is 2. The first kappa shape index (κ1) is 15.6. The van der Waals surface area contributed by atoms with Gasteiger partial charge in [-0.05, 0) is 45.7 Å². The minimum atomic E-state index is 0.147. The normalized spacial score (nSPS) is 23.1. The number of likely N-dealkylation sites (tertiary alicyclic amines) is 2. The van der Waals surface area contributed by atoms with Gasteiger partial charge in [0.15, 0.2) is 0 Å². The molecule has 1 atom stereocenters. The van der Waals surface area contributed by atoms with E-state index in [4.69, 9.17) is 0 Å². The third-order valence-corrected chi connectivity index (χ3v) is 4.61.